The lowest BCUT2D eigenvalue weighted by Crippen LogP contribution is -2.37. The van der Waals surface area contributed by atoms with E-state index in [2.05, 4.69) is 0 Å². The standard InChI is InChI=1S/C11H18N2O4S3/c1-2-19(14,15)12-6-4-7-13(9-8-12)20(16,17)11-5-3-10-18-11/h3,5,10H,2,4,6-9H2,1H3. The van der Waals surface area contributed by atoms with Crippen LogP contribution in [0.4, 0.5) is 0 Å². The van der Waals surface area contributed by atoms with E-state index in [0.717, 1.165) is 0 Å². The van der Waals surface area contributed by atoms with Crippen LogP contribution in [0.2, 0.25) is 0 Å². The van der Waals surface area contributed by atoms with Crippen LogP contribution in [-0.4, -0.2) is 57.4 Å². The fourth-order valence-electron chi connectivity index (χ4n) is 2.11. The van der Waals surface area contributed by atoms with Crippen molar-refractivity contribution in [1.29, 1.82) is 0 Å². The Morgan fingerprint density at radius 3 is 2.35 bits per heavy atom. The molecule has 114 valence electrons. The van der Waals surface area contributed by atoms with Crippen molar-refractivity contribution in [2.24, 2.45) is 0 Å². The van der Waals surface area contributed by atoms with Gasteiger partial charge in [0.05, 0.1) is 5.75 Å². The van der Waals surface area contributed by atoms with E-state index in [-0.39, 0.29) is 18.8 Å². The number of rotatable bonds is 4. The number of sulfonamides is 2. The first kappa shape index (κ1) is 15.9. The predicted molar refractivity (Wildman–Crippen MR) is 78.7 cm³/mol. The Hall–Kier alpha value is -0.480. The highest BCUT2D eigenvalue weighted by Crippen LogP contribution is 2.22. The molecule has 6 nitrogen and oxygen atoms in total. The smallest absolute Gasteiger partial charge is 0.212 e. The first-order chi connectivity index (χ1) is 9.38. The molecule has 0 unspecified atom stereocenters. The molecule has 0 radical (unpaired) electrons. The average Bonchev–Trinajstić information content (AvgIpc) is 2.83. The van der Waals surface area contributed by atoms with E-state index in [9.17, 15) is 16.8 Å². The van der Waals surface area contributed by atoms with Crippen LogP contribution in [0.25, 0.3) is 0 Å². The number of nitrogens with zero attached hydrogens (tertiary/aromatic N) is 2. The normalized spacial score (nSPS) is 19.9. The summed E-state index contributed by atoms with van der Waals surface area (Å²) in [6.45, 7) is 2.77. The van der Waals surface area contributed by atoms with Crippen LogP contribution in [0.3, 0.4) is 0 Å². The van der Waals surface area contributed by atoms with Crippen molar-refractivity contribution in [3.05, 3.63) is 17.5 Å². The fourth-order valence-corrected chi connectivity index (χ4v) is 5.86. The third kappa shape index (κ3) is 3.22. The highest BCUT2D eigenvalue weighted by molar-refractivity contribution is 7.91. The molecule has 1 saturated heterocycles. The van der Waals surface area contributed by atoms with Gasteiger partial charge in [0.1, 0.15) is 4.21 Å². The van der Waals surface area contributed by atoms with E-state index in [1.165, 1.54) is 19.9 Å². The summed E-state index contributed by atoms with van der Waals surface area (Å²) in [5.41, 5.74) is 0. The Bertz CT molecular complexity index is 637. The van der Waals surface area contributed by atoms with Crippen molar-refractivity contribution in [3.8, 4) is 0 Å². The van der Waals surface area contributed by atoms with E-state index >= 15 is 0 Å². The van der Waals surface area contributed by atoms with Gasteiger partial charge in [-0.05, 0) is 24.8 Å². The molecule has 20 heavy (non-hydrogen) atoms. The first-order valence-electron chi connectivity index (χ1n) is 6.39. The third-order valence-electron chi connectivity index (χ3n) is 3.26. The second kappa shape index (κ2) is 6.10. The predicted octanol–water partition coefficient (Wildman–Crippen LogP) is 0.794. The Morgan fingerprint density at radius 1 is 1.10 bits per heavy atom. The van der Waals surface area contributed by atoms with Gasteiger partial charge in [0.15, 0.2) is 0 Å². The summed E-state index contributed by atoms with van der Waals surface area (Å²) in [4.78, 5) is 0. The maximum absolute atomic E-state index is 12.4. The molecular formula is C11H18N2O4S3. The molecular weight excluding hydrogens is 320 g/mol. The number of hydrogen-bond donors (Lipinski definition) is 0. The van der Waals surface area contributed by atoms with Crippen LogP contribution in [0.15, 0.2) is 21.7 Å². The lowest BCUT2D eigenvalue weighted by Gasteiger charge is -2.20. The largest absolute Gasteiger partial charge is 0.252 e. The van der Waals surface area contributed by atoms with Crippen LogP contribution >= 0.6 is 11.3 Å². The molecule has 0 amide bonds. The molecule has 1 aliphatic heterocycles. The molecule has 0 aromatic carbocycles. The van der Waals surface area contributed by atoms with Gasteiger partial charge >= 0.3 is 0 Å². The molecule has 2 heterocycles. The van der Waals surface area contributed by atoms with Gasteiger partial charge in [0, 0.05) is 26.2 Å². The molecule has 0 spiro atoms. The summed E-state index contributed by atoms with van der Waals surface area (Å²) in [6.07, 6.45) is 0.518. The molecule has 0 aliphatic carbocycles. The maximum Gasteiger partial charge on any atom is 0.252 e. The van der Waals surface area contributed by atoms with Gasteiger partial charge in [-0.3, -0.25) is 0 Å². The van der Waals surface area contributed by atoms with Gasteiger partial charge in [-0.2, -0.15) is 4.31 Å². The summed E-state index contributed by atoms with van der Waals surface area (Å²) >= 11 is 1.18. The van der Waals surface area contributed by atoms with Gasteiger partial charge in [-0.1, -0.05) is 6.07 Å². The van der Waals surface area contributed by atoms with Gasteiger partial charge in [0.2, 0.25) is 10.0 Å². The molecule has 0 N–H and O–H groups in total. The van der Waals surface area contributed by atoms with E-state index in [1.54, 1.807) is 24.4 Å². The minimum absolute atomic E-state index is 0.0463. The highest BCUT2D eigenvalue weighted by atomic mass is 32.2. The first-order valence-corrected chi connectivity index (χ1v) is 10.3. The van der Waals surface area contributed by atoms with E-state index < -0.39 is 20.0 Å². The zero-order valence-corrected chi connectivity index (χ0v) is 13.7. The van der Waals surface area contributed by atoms with Gasteiger partial charge in [-0.25, -0.2) is 21.1 Å². The maximum atomic E-state index is 12.4. The second-order valence-electron chi connectivity index (χ2n) is 4.49. The Balaban J connectivity index is 2.15. The Kier molecular flexibility index (Phi) is 4.85. The lowest BCUT2D eigenvalue weighted by molar-refractivity contribution is 0.405. The molecule has 0 saturated carbocycles. The summed E-state index contributed by atoms with van der Waals surface area (Å²) in [5.74, 6) is 0.0463. The monoisotopic (exact) mass is 338 g/mol. The van der Waals surface area contributed by atoms with Crippen molar-refractivity contribution in [2.75, 3.05) is 31.9 Å². The van der Waals surface area contributed by atoms with E-state index in [1.807, 2.05) is 0 Å². The van der Waals surface area contributed by atoms with Crippen molar-refractivity contribution < 1.29 is 16.8 Å². The van der Waals surface area contributed by atoms with Crippen LogP contribution in [-0.2, 0) is 20.0 Å². The zero-order valence-electron chi connectivity index (χ0n) is 11.2. The summed E-state index contributed by atoms with van der Waals surface area (Å²) in [7, 11) is -6.74. The van der Waals surface area contributed by atoms with E-state index in [0.29, 0.717) is 23.7 Å². The molecule has 1 aromatic rings. The molecule has 1 fully saturated rings. The summed E-state index contributed by atoms with van der Waals surface area (Å²) in [6, 6.07) is 3.27. The lowest BCUT2D eigenvalue weighted by atomic mass is 10.4. The molecule has 0 bridgehead atoms. The van der Waals surface area contributed by atoms with Crippen LogP contribution in [0.1, 0.15) is 13.3 Å². The topological polar surface area (TPSA) is 74.8 Å². The molecule has 1 aliphatic rings. The van der Waals surface area contributed by atoms with Crippen LogP contribution in [0.5, 0.6) is 0 Å². The summed E-state index contributed by atoms with van der Waals surface area (Å²) < 4.78 is 51.6. The van der Waals surface area contributed by atoms with E-state index in [4.69, 9.17) is 0 Å². The van der Waals surface area contributed by atoms with Crippen LogP contribution in [0, 0.1) is 0 Å². The third-order valence-corrected chi connectivity index (χ3v) is 8.41. The molecule has 9 heteroatoms. The average molecular weight is 338 g/mol. The second-order valence-corrected chi connectivity index (χ2v) is 9.86. The molecule has 1 aromatic heterocycles. The fraction of sp³-hybridized carbons (Fsp3) is 0.636. The SMILES string of the molecule is CCS(=O)(=O)N1CCCN(S(=O)(=O)c2cccs2)CC1. The molecule has 2 rings (SSSR count). The van der Waals surface area contributed by atoms with Crippen LogP contribution < -0.4 is 0 Å². The van der Waals surface area contributed by atoms with Gasteiger partial charge in [-0.15, -0.1) is 11.3 Å². The van der Waals surface area contributed by atoms with Crippen molar-refractivity contribution in [2.45, 2.75) is 17.6 Å². The van der Waals surface area contributed by atoms with Gasteiger partial charge < -0.3 is 0 Å². The van der Waals surface area contributed by atoms with Crippen molar-refractivity contribution >= 4 is 31.4 Å². The molecule has 0 atom stereocenters. The quantitative estimate of drug-likeness (QED) is 0.814. The number of hydrogen-bond acceptors (Lipinski definition) is 5. The summed E-state index contributed by atoms with van der Waals surface area (Å²) in [5, 5.41) is 1.72. The zero-order chi connectivity index (χ0) is 14.8. The Labute approximate surface area is 124 Å². The Morgan fingerprint density at radius 2 is 1.75 bits per heavy atom. The number of thiophene rings is 1. The minimum atomic E-state index is -3.49. The minimum Gasteiger partial charge on any atom is -0.212 e. The van der Waals surface area contributed by atoms with Gasteiger partial charge in [0.25, 0.3) is 10.0 Å². The highest BCUT2D eigenvalue weighted by Gasteiger charge is 2.30. The van der Waals surface area contributed by atoms with Crippen molar-refractivity contribution in [1.82, 2.24) is 8.61 Å². The van der Waals surface area contributed by atoms with Crippen molar-refractivity contribution in [3.63, 3.8) is 0 Å².